The second-order valence-electron chi connectivity index (χ2n) is 7.40. The summed E-state index contributed by atoms with van der Waals surface area (Å²) in [5, 5.41) is 0. The Kier molecular flexibility index (Phi) is 8.20. The highest BCUT2D eigenvalue weighted by molar-refractivity contribution is 7.86. The molecule has 0 heterocycles. The van der Waals surface area contributed by atoms with Gasteiger partial charge in [0.2, 0.25) is 0 Å². The minimum Gasteiger partial charge on any atom is -0.461 e. The van der Waals surface area contributed by atoms with Gasteiger partial charge in [0.25, 0.3) is 10.1 Å². The molecular weight excluding hydrogens is 376 g/mol. The Morgan fingerprint density at radius 3 is 2.25 bits per heavy atom. The fourth-order valence-corrected chi connectivity index (χ4v) is 3.85. The van der Waals surface area contributed by atoms with Gasteiger partial charge in [-0.25, -0.2) is 0 Å². The van der Waals surface area contributed by atoms with E-state index in [0.29, 0.717) is 12.3 Å². The van der Waals surface area contributed by atoms with Gasteiger partial charge in [0, 0.05) is 0 Å². The molecule has 0 N–H and O–H groups in total. The van der Waals surface area contributed by atoms with Crippen molar-refractivity contribution >= 4 is 16.1 Å². The van der Waals surface area contributed by atoms with E-state index in [4.69, 9.17) is 8.92 Å². The number of hydrogen-bond acceptors (Lipinski definition) is 5. The first-order chi connectivity index (χ1) is 13.3. The highest BCUT2D eigenvalue weighted by atomic mass is 32.2. The molecule has 0 bridgehead atoms. The van der Waals surface area contributed by atoms with Crippen molar-refractivity contribution in [3.63, 3.8) is 0 Å². The largest absolute Gasteiger partial charge is 0.461 e. The second kappa shape index (κ2) is 10.4. The van der Waals surface area contributed by atoms with Crippen LogP contribution in [0.4, 0.5) is 0 Å². The van der Waals surface area contributed by atoms with Gasteiger partial charge in [0.05, 0.1) is 17.9 Å². The Bertz CT molecular complexity index is 842. The Hall–Kier alpha value is -2.18. The van der Waals surface area contributed by atoms with Crippen molar-refractivity contribution < 1.29 is 22.1 Å². The number of rotatable bonds is 10. The van der Waals surface area contributed by atoms with Gasteiger partial charge in [-0.2, -0.15) is 8.42 Å². The summed E-state index contributed by atoms with van der Waals surface area (Å²) in [7, 11) is -3.85. The highest BCUT2D eigenvalue weighted by Crippen LogP contribution is 2.20. The molecule has 0 spiro atoms. The van der Waals surface area contributed by atoms with Crippen LogP contribution in [0.15, 0.2) is 59.5 Å². The summed E-state index contributed by atoms with van der Waals surface area (Å²) in [4.78, 5) is 12.3. The number of ether oxygens (including phenoxy) is 1. The first-order valence-corrected chi connectivity index (χ1v) is 10.8. The molecule has 0 aliphatic rings. The lowest BCUT2D eigenvalue weighted by Crippen LogP contribution is -2.20. The molecule has 0 fully saturated rings. The van der Waals surface area contributed by atoms with Gasteiger partial charge in [0.1, 0.15) is 6.61 Å². The highest BCUT2D eigenvalue weighted by Gasteiger charge is 2.22. The Morgan fingerprint density at radius 1 is 1.00 bits per heavy atom. The van der Waals surface area contributed by atoms with Crippen LogP contribution in [0.3, 0.4) is 0 Å². The van der Waals surface area contributed by atoms with E-state index in [1.807, 2.05) is 51.1 Å². The molecule has 0 aliphatic carbocycles. The molecule has 2 aromatic rings. The maximum absolute atomic E-state index is 12.4. The molecule has 0 saturated carbocycles. The molecular formula is C22H28O5S. The van der Waals surface area contributed by atoms with Crippen molar-refractivity contribution in [2.75, 3.05) is 6.61 Å². The van der Waals surface area contributed by atoms with E-state index in [1.54, 1.807) is 12.1 Å². The van der Waals surface area contributed by atoms with Gasteiger partial charge in [-0.3, -0.25) is 8.98 Å². The monoisotopic (exact) mass is 404 g/mol. The Labute approximate surface area is 167 Å². The minimum atomic E-state index is -3.85. The summed E-state index contributed by atoms with van der Waals surface area (Å²) in [5.74, 6) is -0.285. The van der Waals surface area contributed by atoms with Gasteiger partial charge in [-0.1, -0.05) is 61.9 Å². The number of hydrogen-bond donors (Lipinski definition) is 0. The molecule has 28 heavy (non-hydrogen) atoms. The van der Waals surface area contributed by atoms with E-state index in [0.717, 1.165) is 11.1 Å². The molecule has 152 valence electrons. The maximum Gasteiger partial charge on any atom is 0.306 e. The van der Waals surface area contributed by atoms with Crippen LogP contribution in [0.1, 0.15) is 37.8 Å². The standard InChI is InChI=1S/C22H28O5S/c1-17(2)13-20(14-22(23)26-15-19-7-5-4-6-8-19)16-27-28(24,25)21-11-9-18(3)10-12-21/h4-12,17,20H,13-16H2,1-3H3. The van der Waals surface area contributed by atoms with Crippen molar-refractivity contribution in [2.45, 2.75) is 45.1 Å². The molecule has 0 amide bonds. The van der Waals surface area contributed by atoms with Crippen LogP contribution in [-0.4, -0.2) is 21.0 Å². The van der Waals surface area contributed by atoms with Gasteiger partial charge < -0.3 is 4.74 Å². The average Bonchev–Trinajstić information content (AvgIpc) is 2.65. The van der Waals surface area contributed by atoms with Crippen LogP contribution < -0.4 is 0 Å². The van der Waals surface area contributed by atoms with Crippen LogP contribution >= 0.6 is 0 Å². The molecule has 1 unspecified atom stereocenters. The SMILES string of the molecule is Cc1ccc(S(=O)(=O)OCC(CC(=O)OCc2ccccc2)CC(C)C)cc1. The second-order valence-corrected chi connectivity index (χ2v) is 9.01. The van der Waals surface area contributed by atoms with Gasteiger partial charge in [0.15, 0.2) is 0 Å². The third-order valence-electron chi connectivity index (χ3n) is 4.27. The lowest BCUT2D eigenvalue weighted by molar-refractivity contribution is -0.146. The summed E-state index contributed by atoms with van der Waals surface area (Å²) < 4.78 is 35.4. The van der Waals surface area contributed by atoms with Crippen molar-refractivity contribution in [1.82, 2.24) is 0 Å². The van der Waals surface area contributed by atoms with Crippen LogP contribution in [0, 0.1) is 18.8 Å². The summed E-state index contributed by atoms with van der Waals surface area (Å²) in [5.41, 5.74) is 1.88. The number of esters is 1. The van der Waals surface area contributed by atoms with E-state index >= 15 is 0 Å². The van der Waals surface area contributed by atoms with Crippen LogP contribution in [-0.2, 0) is 30.4 Å². The number of carbonyl (C=O) groups is 1. The predicted molar refractivity (Wildman–Crippen MR) is 108 cm³/mol. The summed E-state index contributed by atoms with van der Waals surface area (Å²) >= 11 is 0. The maximum atomic E-state index is 12.4. The van der Waals surface area contributed by atoms with Crippen molar-refractivity contribution in [1.29, 1.82) is 0 Å². The minimum absolute atomic E-state index is 0.0468. The summed E-state index contributed by atoms with van der Waals surface area (Å²) in [6.07, 6.45) is 0.790. The third-order valence-corrected chi connectivity index (χ3v) is 5.57. The van der Waals surface area contributed by atoms with E-state index in [1.165, 1.54) is 12.1 Å². The molecule has 2 aromatic carbocycles. The van der Waals surface area contributed by atoms with Gasteiger partial charge in [-0.05, 0) is 42.9 Å². The number of carbonyl (C=O) groups excluding carboxylic acids is 1. The van der Waals surface area contributed by atoms with Crippen molar-refractivity contribution in [3.8, 4) is 0 Å². The average molecular weight is 405 g/mol. The van der Waals surface area contributed by atoms with Crippen molar-refractivity contribution in [3.05, 3.63) is 65.7 Å². The van der Waals surface area contributed by atoms with Crippen LogP contribution in [0.2, 0.25) is 0 Å². The Morgan fingerprint density at radius 2 is 1.64 bits per heavy atom. The molecule has 6 heteroatoms. The first kappa shape index (κ1) is 22.1. The zero-order valence-electron chi connectivity index (χ0n) is 16.6. The Balaban J connectivity index is 1.93. The van der Waals surface area contributed by atoms with E-state index < -0.39 is 10.1 Å². The number of aryl methyl sites for hydroxylation is 1. The molecule has 0 aliphatic heterocycles. The summed E-state index contributed by atoms with van der Waals surface area (Å²) in [6.45, 7) is 6.09. The summed E-state index contributed by atoms with van der Waals surface area (Å²) in [6, 6.07) is 15.9. The quantitative estimate of drug-likeness (QED) is 0.431. The van der Waals surface area contributed by atoms with Crippen molar-refractivity contribution in [2.24, 2.45) is 11.8 Å². The molecule has 0 aromatic heterocycles. The topological polar surface area (TPSA) is 69.7 Å². The van der Waals surface area contributed by atoms with Gasteiger partial charge >= 0.3 is 5.97 Å². The normalized spacial score (nSPS) is 12.7. The van der Waals surface area contributed by atoms with E-state index in [-0.39, 0.29) is 36.4 Å². The van der Waals surface area contributed by atoms with E-state index in [2.05, 4.69) is 0 Å². The van der Waals surface area contributed by atoms with Crippen LogP contribution in [0.25, 0.3) is 0 Å². The van der Waals surface area contributed by atoms with E-state index in [9.17, 15) is 13.2 Å². The number of benzene rings is 2. The van der Waals surface area contributed by atoms with Crippen LogP contribution in [0.5, 0.6) is 0 Å². The fourth-order valence-electron chi connectivity index (χ4n) is 2.87. The predicted octanol–water partition coefficient (Wildman–Crippen LogP) is 4.50. The molecule has 2 rings (SSSR count). The lowest BCUT2D eigenvalue weighted by atomic mass is 9.95. The zero-order chi connectivity index (χ0) is 20.6. The fraction of sp³-hybridized carbons (Fsp3) is 0.409. The molecule has 5 nitrogen and oxygen atoms in total. The molecule has 0 saturated heterocycles. The molecule has 1 atom stereocenters. The van der Waals surface area contributed by atoms with Gasteiger partial charge in [-0.15, -0.1) is 0 Å². The third kappa shape index (κ3) is 7.44. The lowest BCUT2D eigenvalue weighted by Gasteiger charge is -2.18. The zero-order valence-corrected chi connectivity index (χ0v) is 17.4. The first-order valence-electron chi connectivity index (χ1n) is 9.42. The smallest absolute Gasteiger partial charge is 0.306 e. The molecule has 0 radical (unpaired) electrons.